The maximum atomic E-state index is 14.2. The van der Waals surface area contributed by atoms with Crippen LogP contribution in [0.15, 0.2) is 29.2 Å². The number of nitrogens with zero attached hydrogens (tertiary/aromatic N) is 2. The summed E-state index contributed by atoms with van der Waals surface area (Å²) >= 11 is 0. The summed E-state index contributed by atoms with van der Waals surface area (Å²) in [6.45, 7) is 5.56. The molecule has 1 aromatic carbocycles. The van der Waals surface area contributed by atoms with Crippen molar-refractivity contribution in [2.75, 3.05) is 12.8 Å². The highest BCUT2D eigenvalue weighted by molar-refractivity contribution is 6.06. The van der Waals surface area contributed by atoms with Gasteiger partial charge in [-0.15, -0.1) is 0 Å². The summed E-state index contributed by atoms with van der Waals surface area (Å²) < 4.78 is 19.5. The lowest BCUT2D eigenvalue weighted by atomic mass is 9.98. The van der Waals surface area contributed by atoms with Crippen molar-refractivity contribution in [3.05, 3.63) is 51.8 Å². The van der Waals surface area contributed by atoms with Crippen LogP contribution in [0.3, 0.4) is 0 Å². The number of pyridine rings is 2. The largest absolute Gasteiger partial charge is 0.394 e. The van der Waals surface area contributed by atoms with E-state index in [9.17, 15) is 9.18 Å². The number of halogens is 1. The Morgan fingerprint density at radius 1 is 1.30 bits per heavy atom. The Bertz CT molecular complexity index is 1420. The number of nitrogens with two attached hydrogens (primary N) is 1. The van der Waals surface area contributed by atoms with E-state index in [2.05, 4.69) is 27.0 Å². The zero-order valence-corrected chi connectivity index (χ0v) is 17.0. The van der Waals surface area contributed by atoms with Crippen LogP contribution in [0.2, 0.25) is 0 Å². The van der Waals surface area contributed by atoms with Gasteiger partial charge in [0.1, 0.15) is 28.3 Å². The molecule has 0 unspecified atom stereocenters. The smallest absolute Gasteiger partial charge is 0.272 e. The lowest BCUT2D eigenvalue weighted by Crippen LogP contribution is -2.19. The Labute approximate surface area is 171 Å². The number of hydrogen-bond acceptors (Lipinski definition) is 5. The normalized spacial score (nSPS) is 11.6. The average Bonchev–Trinajstić information content (AvgIpc) is 3.20. The first-order valence-electron chi connectivity index (χ1n) is 9.25. The molecule has 0 bridgehead atoms. The molecular weight excluding hydrogens is 385 g/mol. The van der Waals surface area contributed by atoms with Crippen LogP contribution >= 0.6 is 0 Å². The molecule has 7 nitrogen and oxygen atoms in total. The molecule has 30 heavy (non-hydrogen) atoms. The Kier molecular flexibility index (Phi) is 4.56. The number of aromatic amines is 2. The van der Waals surface area contributed by atoms with Crippen LogP contribution in [0, 0.1) is 24.6 Å². The van der Waals surface area contributed by atoms with Gasteiger partial charge in [-0.3, -0.25) is 9.89 Å². The highest BCUT2D eigenvalue weighted by Gasteiger charge is 2.19. The van der Waals surface area contributed by atoms with E-state index >= 15 is 0 Å². The highest BCUT2D eigenvalue weighted by atomic mass is 19.1. The Balaban J connectivity index is 2.07. The van der Waals surface area contributed by atoms with Crippen LogP contribution in [0.1, 0.15) is 25.1 Å². The Morgan fingerprint density at radius 3 is 2.80 bits per heavy atom. The average molecular weight is 405 g/mol. The molecule has 0 radical (unpaired) electrons. The lowest BCUT2D eigenvalue weighted by molar-refractivity contribution is 0.0741. The maximum Gasteiger partial charge on any atom is 0.272 e. The fourth-order valence-corrected chi connectivity index (χ4v) is 3.21. The molecule has 0 amide bonds. The first-order valence-corrected chi connectivity index (χ1v) is 9.25. The molecule has 4 rings (SSSR count). The molecule has 0 fully saturated rings. The quantitative estimate of drug-likeness (QED) is 0.444. The van der Waals surface area contributed by atoms with Gasteiger partial charge in [0.05, 0.1) is 17.2 Å². The topological polar surface area (TPSA) is 110 Å². The molecule has 0 atom stereocenters. The van der Waals surface area contributed by atoms with E-state index in [0.29, 0.717) is 33.2 Å². The molecule has 3 aromatic heterocycles. The molecule has 3 heterocycles. The van der Waals surface area contributed by atoms with Gasteiger partial charge in [0.25, 0.3) is 5.56 Å². The van der Waals surface area contributed by atoms with Gasteiger partial charge in [-0.2, -0.15) is 5.10 Å². The van der Waals surface area contributed by atoms with Crippen LogP contribution in [-0.2, 0) is 4.74 Å². The zero-order chi connectivity index (χ0) is 21.6. The molecule has 4 aromatic rings. The predicted octanol–water partition coefficient (Wildman–Crippen LogP) is 3.27. The van der Waals surface area contributed by atoms with Crippen molar-refractivity contribution >= 4 is 27.6 Å². The summed E-state index contributed by atoms with van der Waals surface area (Å²) in [5.74, 6) is 5.65. The number of nitrogens with one attached hydrogen (secondary N) is 2. The van der Waals surface area contributed by atoms with E-state index in [0.717, 1.165) is 5.56 Å². The molecule has 4 N–H and O–H groups in total. The second-order valence-corrected chi connectivity index (χ2v) is 7.51. The van der Waals surface area contributed by atoms with E-state index in [1.807, 2.05) is 20.8 Å². The Morgan fingerprint density at radius 2 is 2.07 bits per heavy atom. The van der Waals surface area contributed by atoms with Crippen molar-refractivity contribution in [2.24, 2.45) is 0 Å². The minimum atomic E-state index is -0.643. The minimum Gasteiger partial charge on any atom is -0.394 e. The first kappa shape index (κ1) is 19.6. The van der Waals surface area contributed by atoms with E-state index in [-0.39, 0.29) is 11.2 Å². The van der Waals surface area contributed by atoms with E-state index in [4.69, 9.17) is 15.5 Å². The van der Waals surface area contributed by atoms with Gasteiger partial charge < -0.3 is 15.5 Å². The van der Waals surface area contributed by atoms with Crippen molar-refractivity contribution < 1.29 is 9.13 Å². The number of methoxy groups -OCH3 is 1. The monoisotopic (exact) mass is 405 g/mol. The first-order chi connectivity index (χ1) is 14.2. The minimum absolute atomic E-state index is 0.0101. The molecule has 0 aliphatic heterocycles. The standard InChI is InChI=1S/C22H20FN5O2/c1-11-9-16-20(26-15(11)7-8-22(2,3)30-4)17(18(24)21(29)27-16)12-5-6-14(23)19-13(12)10-25-28-19/h5-6,9-10H,24H2,1-4H3,(H,25,28)(H,27,29). The summed E-state index contributed by atoms with van der Waals surface area (Å²) in [6.07, 6.45) is 1.50. The number of rotatable bonds is 2. The number of hydrogen-bond donors (Lipinski definition) is 3. The SMILES string of the molecule is COC(C)(C)C#Cc1nc2c(-c3ccc(F)c4[nH]ncc34)c(N)c(=O)[nH]c2cc1C. The van der Waals surface area contributed by atoms with Crippen molar-refractivity contribution in [1.82, 2.24) is 20.2 Å². The van der Waals surface area contributed by atoms with Crippen LogP contribution in [0.4, 0.5) is 10.1 Å². The van der Waals surface area contributed by atoms with E-state index < -0.39 is 17.0 Å². The molecule has 0 aliphatic carbocycles. The molecular formula is C22H20FN5O2. The van der Waals surface area contributed by atoms with Crippen LogP contribution < -0.4 is 11.3 Å². The highest BCUT2D eigenvalue weighted by Crippen LogP contribution is 2.35. The number of ether oxygens (including phenoxy) is 1. The van der Waals surface area contributed by atoms with Gasteiger partial charge >= 0.3 is 0 Å². The molecule has 8 heteroatoms. The number of anilines is 1. The molecule has 152 valence electrons. The van der Waals surface area contributed by atoms with Crippen LogP contribution in [0.25, 0.3) is 33.1 Å². The summed E-state index contributed by atoms with van der Waals surface area (Å²) in [5, 5.41) is 7.07. The van der Waals surface area contributed by atoms with Crippen molar-refractivity contribution in [2.45, 2.75) is 26.4 Å². The zero-order valence-electron chi connectivity index (χ0n) is 17.0. The molecule has 0 spiro atoms. The summed E-state index contributed by atoms with van der Waals surface area (Å²) in [5.41, 5.74) is 8.57. The number of H-pyrrole nitrogens is 2. The van der Waals surface area contributed by atoms with Gasteiger partial charge in [0, 0.05) is 18.1 Å². The lowest BCUT2D eigenvalue weighted by Gasteiger charge is -2.14. The Hall–Kier alpha value is -3.70. The van der Waals surface area contributed by atoms with E-state index in [1.165, 1.54) is 12.3 Å². The third-order valence-corrected chi connectivity index (χ3v) is 5.04. The third-order valence-electron chi connectivity index (χ3n) is 5.04. The number of nitrogen functional groups attached to an aromatic ring is 1. The number of aryl methyl sites for hydroxylation is 1. The number of fused-ring (bicyclic) bond motifs is 2. The van der Waals surface area contributed by atoms with Crippen molar-refractivity contribution in [3.8, 4) is 23.0 Å². The van der Waals surface area contributed by atoms with Gasteiger partial charge in [0.15, 0.2) is 0 Å². The van der Waals surface area contributed by atoms with Crippen LogP contribution in [0.5, 0.6) is 0 Å². The number of benzene rings is 1. The molecule has 0 saturated heterocycles. The van der Waals surface area contributed by atoms with Crippen LogP contribution in [-0.4, -0.2) is 32.9 Å². The molecule has 0 saturated carbocycles. The molecule has 0 aliphatic rings. The van der Waals surface area contributed by atoms with Crippen molar-refractivity contribution in [1.29, 1.82) is 0 Å². The fraction of sp³-hybridized carbons (Fsp3) is 0.227. The van der Waals surface area contributed by atoms with Gasteiger partial charge in [-0.25, -0.2) is 9.37 Å². The summed E-state index contributed by atoms with van der Waals surface area (Å²) in [6, 6.07) is 4.67. The fourth-order valence-electron chi connectivity index (χ4n) is 3.21. The van der Waals surface area contributed by atoms with Crippen molar-refractivity contribution in [3.63, 3.8) is 0 Å². The summed E-state index contributed by atoms with van der Waals surface area (Å²) in [4.78, 5) is 20.0. The number of aromatic nitrogens is 4. The second kappa shape index (κ2) is 6.97. The van der Waals surface area contributed by atoms with Gasteiger partial charge in [-0.05, 0) is 50.0 Å². The second-order valence-electron chi connectivity index (χ2n) is 7.51. The summed E-state index contributed by atoms with van der Waals surface area (Å²) in [7, 11) is 1.59. The van der Waals surface area contributed by atoms with Gasteiger partial charge in [-0.1, -0.05) is 12.0 Å². The predicted molar refractivity (Wildman–Crippen MR) is 115 cm³/mol. The van der Waals surface area contributed by atoms with E-state index in [1.54, 1.807) is 19.2 Å². The third kappa shape index (κ3) is 3.19. The van der Waals surface area contributed by atoms with Gasteiger partial charge in [0.2, 0.25) is 0 Å². The maximum absolute atomic E-state index is 14.2.